The standard InChI is InChI=1S/C19H29N3O.ClH/c1-2-15-4-3-5-18(12-15)21-19(23)14-22-10-8-17(9-11-22)20-13-16-6-7-16;/h3-5,12,16-17,20H,2,6-11,13-14H2,1H3,(H,21,23);1H. The first-order chi connectivity index (χ1) is 11.2. The Morgan fingerprint density at radius 2 is 1.96 bits per heavy atom. The highest BCUT2D eigenvalue weighted by molar-refractivity contribution is 5.92. The van der Waals surface area contributed by atoms with Crippen molar-refractivity contribution in [2.45, 2.75) is 45.1 Å². The molecule has 3 rings (SSSR count). The summed E-state index contributed by atoms with van der Waals surface area (Å²) in [5.74, 6) is 1.04. The van der Waals surface area contributed by atoms with Gasteiger partial charge in [0.05, 0.1) is 6.54 Å². The molecule has 134 valence electrons. The Kier molecular flexibility index (Phi) is 7.53. The Balaban J connectivity index is 0.00000208. The predicted molar refractivity (Wildman–Crippen MR) is 102 cm³/mol. The van der Waals surface area contributed by atoms with Crippen molar-refractivity contribution in [1.82, 2.24) is 10.2 Å². The molecule has 1 saturated heterocycles. The van der Waals surface area contributed by atoms with Crippen molar-refractivity contribution in [2.75, 3.05) is 31.5 Å². The predicted octanol–water partition coefficient (Wildman–Crippen LogP) is 3.07. The number of piperidine rings is 1. The molecule has 0 bridgehead atoms. The Morgan fingerprint density at radius 3 is 2.62 bits per heavy atom. The van der Waals surface area contributed by atoms with Crippen LogP contribution < -0.4 is 10.6 Å². The van der Waals surface area contributed by atoms with Crippen LogP contribution >= 0.6 is 12.4 Å². The Morgan fingerprint density at radius 1 is 1.21 bits per heavy atom. The van der Waals surface area contributed by atoms with Gasteiger partial charge in [-0.25, -0.2) is 0 Å². The number of amides is 1. The summed E-state index contributed by atoms with van der Waals surface area (Å²) >= 11 is 0. The van der Waals surface area contributed by atoms with Gasteiger partial charge in [-0.3, -0.25) is 9.69 Å². The highest BCUT2D eigenvalue weighted by Crippen LogP contribution is 2.28. The van der Waals surface area contributed by atoms with Crippen molar-refractivity contribution < 1.29 is 4.79 Å². The highest BCUT2D eigenvalue weighted by Gasteiger charge is 2.24. The Hall–Kier alpha value is -1.10. The quantitative estimate of drug-likeness (QED) is 0.793. The van der Waals surface area contributed by atoms with Crippen LogP contribution in [-0.4, -0.2) is 43.0 Å². The van der Waals surface area contributed by atoms with Gasteiger partial charge in [-0.15, -0.1) is 12.4 Å². The third kappa shape index (κ3) is 6.08. The van der Waals surface area contributed by atoms with Crippen LogP contribution in [0, 0.1) is 5.92 Å². The van der Waals surface area contributed by atoms with Gasteiger partial charge in [-0.1, -0.05) is 19.1 Å². The van der Waals surface area contributed by atoms with Crippen molar-refractivity contribution in [3.8, 4) is 0 Å². The first kappa shape index (κ1) is 19.2. The summed E-state index contributed by atoms with van der Waals surface area (Å²) in [6.07, 6.45) is 6.12. The fourth-order valence-corrected chi connectivity index (χ4v) is 3.22. The van der Waals surface area contributed by atoms with Gasteiger partial charge < -0.3 is 10.6 Å². The fourth-order valence-electron chi connectivity index (χ4n) is 3.22. The Bertz CT molecular complexity index is 525. The molecule has 0 spiro atoms. The van der Waals surface area contributed by atoms with Gasteiger partial charge in [-0.05, 0) is 62.3 Å². The number of halogens is 1. The normalized spacial score (nSPS) is 18.9. The van der Waals surface area contributed by atoms with Crippen LogP contribution in [0.4, 0.5) is 5.69 Å². The number of hydrogen-bond acceptors (Lipinski definition) is 3. The minimum atomic E-state index is 0. The van der Waals surface area contributed by atoms with Gasteiger partial charge >= 0.3 is 0 Å². The molecule has 1 aromatic carbocycles. The second-order valence-electron chi connectivity index (χ2n) is 7.00. The smallest absolute Gasteiger partial charge is 0.238 e. The maximum atomic E-state index is 12.2. The summed E-state index contributed by atoms with van der Waals surface area (Å²) in [7, 11) is 0. The van der Waals surface area contributed by atoms with Crippen LogP contribution in [0.5, 0.6) is 0 Å². The number of anilines is 1. The second-order valence-corrected chi connectivity index (χ2v) is 7.00. The largest absolute Gasteiger partial charge is 0.325 e. The third-order valence-corrected chi connectivity index (χ3v) is 4.97. The molecule has 5 heteroatoms. The summed E-state index contributed by atoms with van der Waals surface area (Å²) in [4.78, 5) is 14.5. The van der Waals surface area contributed by atoms with E-state index in [1.54, 1.807) is 0 Å². The Labute approximate surface area is 151 Å². The van der Waals surface area contributed by atoms with E-state index in [1.807, 2.05) is 12.1 Å². The molecule has 1 heterocycles. The van der Waals surface area contributed by atoms with Crippen molar-refractivity contribution in [3.63, 3.8) is 0 Å². The van der Waals surface area contributed by atoms with Gasteiger partial charge in [0.1, 0.15) is 0 Å². The molecular formula is C19H30ClN3O. The van der Waals surface area contributed by atoms with E-state index < -0.39 is 0 Å². The molecular weight excluding hydrogens is 322 g/mol. The molecule has 0 unspecified atom stereocenters. The number of nitrogens with one attached hydrogen (secondary N) is 2. The molecule has 1 saturated carbocycles. The highest BCUT2D eigenvalue weighted by atomic mass is 35.5. The van der Waals surface area contributed by atoms with Gasteiger partial charge in [0, 0.05) is 24.8 Å². The number of carbonyl (C=O) groups is 1. The van der Waals surface area contributed by atoms with Crippen LogP contribution in [0.2, 0.25) is 0 Å². The number of benzene rings is 1. The summed E-state index contributed by atoms with van der Waals surface area (Å²) in [6, 6.07) is 8.77. The zero-order chi connectivity index (χ0) is 16.1. The number of hydrogen-bond donors (Lipinski definition) is 2. The minimum Gasteiger partial charge on any atom is -0.325 e. The zero-order valence-electron chi connectivity index (χ0n) is 14.6. The molecule has 2 fully saturated rings. The minimum absolute atomic E-state index is 0. The van der Waals surface area contributed by atoms with Crippen molar-refractivity contribution >= 4 is 24.0 Å². The first-order valence-corrected chi connectivity index (χ1v) is 9.07. The summed E-state index contributed by atoms with van der Waals surface area (Å²) in [5.41, 5.74) is 2.17. The second kappa shape index (κ2) is 9.40. The van der Waals surface area contributed by atoms with Crippen molar-refractivity contribution in [3.05, 3.63) is 29.8 Å². The van der Waals surface area contributed by atoms with E-state index in [1.165, 1.54) is 24.9 Å². The monoisotopic (exact) mass is 351 g/mol. The van der Waals surface area contributed by atoms with Crippen LogP contribution in [0.25, 0.3) is 0 Å². The van der Waals surface area contributed by atoms with Gasteiger partial charge in [0.25, 0.3) is 0 Å². The third-order valence-electron chi connectivity index (χ3n) is 4.97. The SMILES string of the molecule is CCc1cccc(NC(=O)CN2CCC(NCC3CC3)CC2)c1.Cl. The topological polar surface area (TPSA) is 44.4 Å². The summed E-state index contributed by atoms with van der Waals surface area (Å²) in [6.45, 7) is 5.86. The van der Waals surface area contributed by atoms with Gasteiger partial charge in [0.15, 0.2) is 0 Å². The van der Waals surface area contributed by atoms with Crippen molar-refractivity contribution in [1.29, 1.82) is 0 Å². The lowest BCUT2D eigenvalue weighted by Crippen LogP contribution is -2.45. The van der Waals surface area contributed by atoms with E-state index in [2.05, 4.69) is 34.6 Å². The number of nitrogens with zero attached hydrogens (tertiary/aromatic N) is 1. The molecule has 2 N–H and O–H groups in total. The average Bonchev–Trinajstić information content (AvgIpc) is 3.38. The molecule has 0 radical (unpaired) electrons. The average molecular weight is 352 g/mol. The molecule has 0 atom stereocenters. The van der Waals surface area contributed by atoms with E-state index >= 15 is 0 Å². The molecule has 24 heavy (non-hydrogen) atoms. The maximum absolute atomic E-state index is 12.2. The van der Waals surface area contributed by atoms with E-state index in [4.69, 9.17) is 0 Å². The lowest BCUT2D eigenvalue weighted by Gasteiger charge is -2.32. The van der Waals surface area contributed by atoms with Crippen LogP contribution in [0.1, 0.15) is 38.2 Å². The van der Waals surface area contributed by atoms with Gasteiger partial charge in [0.2, 0.25) is 5.91 Å². The van der Waals surface area contributed by atoms with Crippen molar-refractivity contribution in [2.24, 2.45) is 5.92 Å². The van der Waals surface area contributed by atoms with Crippen LogP contribution in [0.3, 0.4) is 0 Å². The fraction of sp³-hybridized carbons (Fsp3) is 0.632. The van der Waals surface area contributed by atoms with E-state index in [0.717, 1.165) is 44.0 Å². The van der Waals surface area contributed by atoms with E-state index in [-0.39, 0.29) is 18.3 Å². The first-order valence-electron chi connectivity index (χ1n) is 9.07. The molecule has 4 nitrogen and oxygen atoms in total. The lowest BCUT2D eigenvalue weighted by molar-refractivity contribution is -0.117. The molecule has 1 amide bonds. The lowest BCUT2D eigenvalue weighted by atomic mass is 10.0. The number of likely N-dealkylation sites (tertiary alicyclic amines) is 1. The molecule has 1 aliphatic carbocycles. The maximum Gasteiger partial charge on any atom is 0.238 e. The molecule has 1 aliphatic heterocycles. The number of carbonyl (C=O) groups excluding carboxylic acids is 1. The van der Waals surface area contributed by atoms with E-state index in [9.17, 15) is 4.79 Å². The molecule has 1 aromatic rings. The molecule has 0 aromatic heterocycles. The summed E-state index contributed by atoms with van der Waals surface area (Å²) in [5, 5.41) is 6.71. The van der Waals surface area contributed by atoms with Crippen LogP contribution in [0.15, 0.2) is 24.3 Å². The van der Waals surface area contributed by atoms with E-state index in [0.29, 0.717) is 12.6 Å². The number of rotatable bonds is 7. The van der Waals surface area contributed by atoms with Gasteiger partial charge in [-0.2, -0.15) is 0 Å². The zero-order valence-corrected chi connectivity index (χ0v) is 15.4. The number of aryl methyl sites for hydroxylation is 1. The molecule has 2 aliphatic rings. The van der Waals surface area contributed by atoms with Crippen LogP contribution in [-0.2, 0) is 11.2 Å². The summed E-state index contributed by atoms with van der Waals surface area (Å²) < 4.78 is 0.